The van der Waals surface area contributed by atoms with E-state index < -0.39 is 0 Å². The molecule has 2 nitrogen and oxygen atoms in total. The average Bonchev–Trinajstić information content (AvgIpc) is 2.84. The van der Waals surface area contributed by atoms with E-state index in [1.54, 1.807) is 17.0 Å². The number of hydrogen-bond acceptors (Lipinski definition) is 1. The van der Waals surface area contributed by atoms with Crippen LogP contribution in [-0.4, -0.2) is 26.2 Å². The highest BCUT2D eigenvalue weighted by molar-refractivity contribution is 5.21. The monoisotopic (exact) mass is 238 g/mol. The molecule has 0 unspecified atom stereocenters. The van der Waals surface area contributed by atoms with Gasteiger partial charge in [0.2, 0.25) is 0 Å². The van der Waals surface area contributed by atoms with Crippen molar-refractivity contribution >= 4 is 0 Å². The summed E-state index contributed by atoms with van der Waals surface area (Å²) in [5, 5.41) is 0. The molecule has 0 aliphatic carbocycles. The van der Waals surface area contributed by atoms with Gasteiger partial charge in [0.05, 0.1) is 26.2 Å². The van der Waals surface area contributed by atoms with Crippen LogP contribution in [-0.2, 0) is 0 Å². The van der Waals surface area contributed by atoms with E-state index >= 15 is 0 Å². The van der Waals surface area contributed by atoms with Gasteiger partial charge in [-0.05, 0) is 37.1 Å². The SMILES string of the molecule is Fc1ccc(OCCCC[NH+]2CCCC2)cc1. The molecule has 0 radical (unpaired) electrons. The fraction of sp³-hybridized carbons (Fsp3) is 0.571. The molecule has 0 amide bonds. The van der Waals surface area contributed by atoms with E-state index in [1.807, 2.05) is 0 Å². The van der Waals surface area contributed by atoms with Crippen LogP contribution in [0, 0.1) is 5.82 Å². The predicted octanol–water partition coefficient (Wildman–Crippen LogP) is 1.66. The van der Waals surface area contributed by atoms with Gasteiger partial charge in [-0.3, -0.25) is 0 Å². The molecule has 0 bridgehead atoms. The Morgan fingerprint density at radius 1 is 1.06 bits per heavy atom. The maximum absolute atomic E-state index is 12.6. The number of halogens is 1. The fourth-order valence-corrected chi connectivity index (χ4v) is 2.32. The van der Waals surface area contributed by atoms with Crippen molar-refractivity contribution in [3.63, 3.8) is 0 Å². The Morgan fingerprint density at radius 3 is 2.47 bits per heavy atom. The summed E-state index contributed by atoms with van der Waals surface area (Å²) in [5.74, 6) is 0.551. The topological polar surface area (TPSA) is 13.7 Å². The summed E-state index contributed by atoms with van der Waals surface area (Å²) in [6.45, 7) is 4.70. The van der Waals surface area contributed by atoms with Crippen LogP contribution in [0.15, 0.2) is 24.3 Å². The molecule has 0 spiro atoms. The van der Waals surface area contributed by atoms with E-state index in [4.69, 9.17) is 4.74 Å². The van der Waals surface area contributed by atoms with Crippen LogP contribution < -0.4 is 9.64 Å². The summed E-state index contributed by atoms with van der Waals surface area (Å²) < 4.78 is 18.2. The quantitative estimate of drug-likeness (QED) is 0.744. The molecule has 1 N–H and O–H groups in total. The smallest absolute Gasteiger partial charge is 0.123 e. The Bertz CT molecular complexity index is 319. The maximum Gasteiger partial charge on any atom is 0.123 e. The summed E-state index contributed by atoms with van der Waals surface area (Å²) in [5.41, 5.74) is 0. The summed E-state index contributed by atoms with van der Waals surface area (Å²) in [7, 11) is 0. The second-order valence-corrected chi connectivity index (χ2v) is 4.72. The van der Waals surface area contributed by atoms with Gasteiger partial charge < -0.3 is 9.64 Å². The van der Waals surface area contributed by atoms with Crippen molar-refractivity contribution in [1.29, 1.82) is 0 Å². The van der Waals surface area contributed by atoms with E-state index in [9.17, 15) is 4.39 Å². The number of rotatable bonds is 6. The Morgan fingerprint density at radius 2 is 1.76 bits per heavy atom. The molecule has 1 aliphatic rings. The molecule has 2 rings (SSSR count). The van der Waals surface area contributed by atoms with Gasteiger partial charge >= 0.3 is 0 Å². The van der Waals surface area contributed by atoms with Crippen molar-refractivity contribution in [2.24, 2.45) is 0 Å². The first-order chi connectivity index (χ1) is 8.34. The minimum atomic E-state index is -0.213. The van der Waals surface area contributed by atoms with Crippen molar-refractivity contribution in [3.8, 4) is 5.75 Å². The number of ether oxygens (including phenoxy) is 1. The van der Waals surface area contributed by atoms with E-state index in [1.165, 1.54) is 51.0 Å². The maximum atomic E-state index is 12.6. The summed E-state index contributed by atoms with van der Waals surface area (Å²) in [6.07, 6.45) is 5.08. The zero-order chi connectivity index (χ0) is 11.9. The first-order valence-electron chi connectivity index (χ1n) is 6.56. The molecule has 1 aromatic carbocycles. The van der Waals surface area contributed by atoms with Crippen LogP contribution in [0.2, 0.25) is 0 Å². The second-order valence-electron chi connectivity index (χ2n) is 4.72. The van der Waals surface area contributed by atoms with Gasteiger partial charge in [0, 0.05) is 12.8 Å². The van der Waals surface area contributed by atoms with Crippen LogP contribution >= 0.6 is 0 Å². The molecule has 3 heteroatoms. The predicted molar refractivity (Wildman–Crippen MR) is 65.9 cm³/mol. The third kappa shape index (κ3) is 4.35. The number of hydrogen-bond donors (Lipinski definition) is 1. The Hall–Kier alpha value is -1.09. The lowest BCUT2D eigenvalue weighted by Crippen LogP contribution is -3.09. The number of unbranched alkanes of at least 4 members (excludes halogenated alkanes) is 1. The molecule has 1 heterocycles. The van der Waals surface area contributed by atoms with Gasteiger partial charge in [0.1, 0.15) is 11.6 Å². The first kappa shape index (κ1) is 12.4. The van der Waals surface area contributed by atoms with Crippen LogP contribution in [0.5, 0.6) is 5.75 Å². The van der Waals surface area contributed by atoms with Crippen LogP contribution in [0.25, 0.3) is 0 Å². The summed E-state index contributed by atoms with van der Waals surface area (Å²) >= 11 is 0. The third-order valence-electron chi connectivity index (χ3n) is 3.32. The normalized spacial score (nSPS) is 16.3. The third-order valence-corrected chi connectivity index (χ3v) is 3.32. The molecule has 1 aliphatic heterocycles. The lowest BCUT2D eigenvalue weighted by Gasteiger charge is -2.11. The highest BCUT2D eigenvalue weighted by atomic mass is 19.1. The molecule has 94 valence electrons. The largest absolute Gasteiger partial charge is 0.494 e. The minimum absolute atomic E-state index is 0.213. The summed E-state index contributed by atoms with van der Waals surface area (Å²) in [6, 6.07) is 6.23. The van der Waals surface area contributed by atoms with Crippen molar-refractivity contribution in [2.45, 2.75) is 25.7 Å². The van der Waals surface area contributed by atoms with Crippen molar-refractivity contribution in [2.75, 3.05) is 26.2 Å². The number of likely N-dealkylation sites (tertiary alicyclic amines) is 1. The second kappa shape index (κ2) is 6.60. The number of nitrogens with one attached hydrogen (secondary N) is 1. The molecular weight excluding hydrogens is 217 g/mol. The van der Waals surface area contributed by atoms with Gasteiger partial charge in [-0.25, -0.2) is 4.39 Å². The van der Waals surface area contributed by atoms with Crippen LogP contribution in [0.1, 0.15) is 25.7 Å². The molecular formula is C14H21FNO+. The fourth-order valence-electron chi connectivity index (χ4n) is 2.32. The van der Waals surface area contributed by atoms with E-state index in [-0.39, 0.29) is 5.82 Å². The van der Waals surface area contributed by atoms with Gasteiger partial charge in [-0.2, -0.15) is 0 Å². The molecule has 1 saturated heterocycles. The van der Waals surface area contributed by atoms with Gasteiger partial charge in [-0.15, -0.1) is 0 Å². The summed E-state index contributed by atoms with van der Waals surface area (Å²) in [4.78, 5) is 1.74. The molecule has 0 aromatic heterocycles. The Kier molecular flexibility index (Phi) is 4.80. The number of benzene rings is 1. The lowest BCUT2D eigenvalue weighted by molar-refractivity contribution is -0.887. The molecule has 1 fully saturated rings. The van der Waals surface area contributed by atoms with E-state index in [2.05, 4.69) is 0 Å². The van der Waals surface area contributed by atoms with Crippen molar-refractivity contribution < 1.29 is 14.0 Å². The molecule has 17 heavy (non-hydrogen) atoms. The highest BCUT2D eigenvalue weighted by Gasteiger charge is 2.13. The Labute approximate surface area is 102 Å². The average molecular weight is 238 g/mol. The zero-order valence-corrected chi connectivity index (χ0v) is 10.3. The Balaban J connectivity index is 1.55. The van der Waals surface area contributed by atoms with Gasteiger partial charge in [0.25, 0.3) is 0 Å². The van der Waals surface area contributed by atoms with Gasteiger partial charge in [0.15, 0.2) is 0 Å². The van der Waals surface area contributed by atoms with E-state index in [0.717, 1.165) is 18.8 Å². The molecule has 1 aromatic rings. The van der Waals surface area contributed by atoms with Crippen molar-refractivity contribution in [1.82, 2.24) is 0 Å². The zero-order valence-electron chi connectivity index (χ0n) is 10.3. The number of quaternary nitrogens is 1. The molecule has 0 saturated carbocycles. The van der Waals surface area contributed by atoms with Gasteiger partial charge in [-0.1, -0.05) is 0 Å². The van der Waals surface area contributed by atoms with Crippen LogP contribution in [0.3, 0.4) is 0 Å². The minimum Gasteiger partial charge on any atom is -0.494 e. The lowest BCUT2D eigenvalue weighted by atomic mass is 10.3. The highest BCUT2D eigenvalue weighted by Crippen LogP contribution is 2.11. The first-order valence-corrected chi connectivity index (χ1v) is 6.56. The van der Waals surface area contributed by atoms with E-state index in [0.29, 0.717) is 0 Å². The molecule has 0 atom stereocenters. The van der Waals surface area contributed by atoms with Crippen molar-refractivity contribution in [3.05, 3.63) is 30.1 Å². The standard InChI is InChI=1S/C14H20FNO/c15-13-5-7-14(8-6-13)17-12-4-3-11-16-9-1-2-10-16/h5-8H,1-4,9-12H2/p+1. The van der Waals surface area contributed by atoms with Crippen LogP contribution in [0.4, 0.5) is 4.39 Å².